The number of methoxy groups -OCH3 is 1. The van der Waals surface area contributed by atoms with Crippen molar-refractivity contribution in [2.75, 3.05) is 7.11 Å². The third kappa shape index (κ3) is 4.47. The molecule has 1 heterocycles. The van der Waals surface area contributed by atoms with E-state index in [1.54, 1.807) is 24.3 Å². The van der Waals surface area contributed by atoms with Crippen molar-refractivity contribution in [3.8, 4) is 23.0 Å². The van der Waals surface area contributed by atoms with Crippen molar-refractivity contribution in [1.82, 2.24) is 0 Å². The number of rotatable bonds is 6. The van der Waals surface area contributed by atoms with Crippen LogP contribution in [-0.2, 0) is 4.79 Å². The van der Waals surface area contributed by atoms with E-state index in [9.17, 15) is 31.5 Å². The zero-order valence-corrected chi connectivity index (χ0v) is 18.5. The Labute approximate surface area is 200 Å². The van der Waals surface area contributed by atoms with Gasteiger partial charge in [0.05, 0.1) is 12.7 Å². The molecule has 0 fully saturated rings. The number of esters is 1. The van der Waals surface area contributed by atoms with E-state index in [4.69, 9.17) is 14.2 Å². The fourth-order valence-corrected chi connectivity index (χ4v) is 3.27. The van der Waals surface area contributed by atoms with E-state index in [0.29, 0.717) is 11.3 Å². The van der Waals surface area contributed by atoms with Gasteiger partial charge in [0, 0.05) is 11.6 Å². The van der Waals surface area contributed by atoms with Crippen molar-refractivity contribution in [2.45, 2.75) is 13.0 Å². The molecule has 4 rings (SSSR count). The van der Waals surface area contributed by atoms with Crippen LogP contribution in [-0.4, -0.2) is 25.0 Å². The molecule has 1 aliphatic rings. The molecule has 11 heteroatoms. The van der Waals surface area contributed by atoms with Crippen LogP contribution in [0.15, 0.2) is 48.2 Å². The van der Waals surface area contributed by atoms with Gasteiger partial charge in [0.1, 0.15) is 17.2 Å². The van der Waals surface area contributed by atoms with E-state index in [1.807, 2.05) is 0 Å². The number of ketones is 1. The number of halogens is 5. The van der Waals surface area contributed by atoms with Crippen molar-refractivity contribution in [3.05, 3.63) is 88.4 Å². The van der Waals surface area contributed by atoms with Gasteiger partial charge in [-0.1, -0.05) is 18.2 Å². The second-order valence-corrected chi connectivity index (χ2v) is 7.42. The summed E-state index contributed by atoms with van der Waals surface area (Å²) in [6, 6.07) is 10.7. The monoisotopic (exact) mass is 506 g/mol. The summed E-state index contributed by atoms with van der Waals surface area (Å²) in [4.78, 5) is 25.0. The fraction of sp³-hybridized carbons (Fsp3) is 0.120. The van der Waals surface area contributed by atoms with Gasteiger partial charge >= 0.3 is 5.97 Å². The number of carbonyl (C=O) groups excluding carboxylic acids is 2. The molecule has 0 radical (unpaired) electrons. The lowest BCUT2D eigenvalue weighted by molar-refractivity contribution is -0.141. The summed E-state index contributed by atoms with van der Waals surface area (Å²) in [5.74, 6) is -14.1. The Morgan fingerprint density at radius 2 is 1.58 bits per heavy atom. The normalized spacial score (nSPS) is 14.3. The summed E-state index contributed by atoms with van der Waals surface area (Å²) < 4.78 is 88.1. The molecule has 1 aliphatic heterocycles. The molecule has 6 nitrogen and oxygen atoms in total. The highest BCUT2D eigenvalue weighted by atomic mass is 19.2. The van der Waals surface area contributed by atoms with Gasteiger partial charge in [0.25, 0.3) is 0 Å². The Morgan fingerprint density at radius 3 is 2.25 bits per heavy atom. The maximum atomic E-state index is 13.8. The van der Waals surface area contributed by atoms with Crippen molar-refractivity contribution in [1.29, 1.82) is 0 Å². The van der Waals surface area contributed by atoms with Crippen LogP contribution in [0.2, 0.25) is 0 Å². The first kappa shape index (κ1) is 24.7. The average Bonchev–Trinajstić information content (AvgIpc) is 3.18. The molecule has 0 aromatic heterocycles. The van der Waals surface area contributed by atoms with Crippen molar-refractivity contribution < 1.29 is 50.5 Å². The van der Waals surface area contributed by atoms with Crippen LogP contribution in [0, 0.1) is 29.1 Å². The Hall–Kier alpha value is -4.41. The first-order chi connectivity index (χ1) is 17.1. The molecular formula is C25H15F5O6. The van der Waals surface area contributed by atoms with Crippen LogP contribution in [0.5, 0.6) is 23.0 Å². The van der Waals surface area contributed by atoms with Gasteiger partial charge < -0.3 is 18.9 Å². The molecular weight excluding hydrogens is 491 g/mol. The van der Waals surface area contributed by atoms with Gasteiger partial charge in [0.2, 0.25) is 34.9 Å². The molecule has 0 spiro atoms. The van der Waals surface area contributed by atoms with Gasteiger partial charge in [0.15, 0.2) is 17.6 Å². The van der Waals surface area contributed by atoms with Crippen LogP contribution < -0.4 is 18.9 Å². The van der Waals surface area contributed by atoms with Crippen LogP contribution in [0.4, 0.5) is 22.0 Å². The SMILES string of the molecule is COc1ccccc1/C=C1\Oc2cc(OC(=O)C(C)Oc3c(F)c(F)c(F)c(F)c3F)ccc2C1=O. The number of Topliss-reactive ketones (excluding diaryl/α,β-unsaturated/α-hetero) is 1. The number of para-hydroxylation sites is 1. The Morgan fingerprint density at radius 1 is 0.944 bits per heavy atom. The van der Waals surface area contributed by atoms with E-state index >= 15 is 0 Å². The molecule has 1 unspecified atom stereocenters. The summed E-state index contributed by atoms with van der Waals surface area (Å²) in [5, 5.41) is 0. The summed E-state index contributed by atoms with van der Waals surface area (Å²) in [6.45, 7) is 0.988. The van der Waals surface area contributed by atoms with E-state index in [-0.39, 0.29) is 22.8 Å². The zero-order chi connectivity index (χ0) is 26.1. The number of fused-ring (bicyclic) bond motifs is 1. The number of hydrogen-bond donors (Lipinski definition) is 0. The third-order valence-corrected chi connectivity index (χ3v) is 5.08. The molecule has 36 heavy (non-hydrogen) atoms. The minimum atomic E-state index is -2.36. The molecule has 0 N–H and O–H groups in total. The van der Waals surface area contributed by atoms with Gasteiger partial charge in [-0.2, -0.15) is 8.78 Å². The van der Waals surface area contributed by atoms with Crippen LogP contribution in [0.3, 0.4) is 0 Å². The van der Waals surface area contributed by atoms with Gasteiger partial charge in [-0.25, -0.2) is 18.0 Å². The number of benzene rings is 3. The topological polar surface area (TPSA) is 71.1 Å². The number of allylic oxidation sites excluding steroid dienone is 1. The molecule has 0 aliphatic carbocycles. The smallest absolute Gasteiger partial charge is 0.352 e. The molecule has 3 aromatic rings. The van der Waals surface area contributed by atoms with E-state index in [2.05, 4.69) is 4.74 Å². The van der Waals surface area contributed by atoms with Crippen LogP contribution in [0.25, 0.3) is 6.08 Å². The second-order valence-electron chi connectivity index (χ2n) is 7.42. The lowest BCUT2D eigenvalue weighted by Crippen LogP contribution is -2.29. The largest absolute Gasteiger partial charge is 0.496 e. The molecule has 3 aromatic carbocycles. The zero-order valence-electron chi connectivity index (χ0n) is 18.5. The third-order valence-electron chi connectivity index (χ3n) is 5.08. The van der Waals surface area contributed by atoms with E-state index in [1.165, 1.54) is 31.4 Å². The Kier molecular flexibility index (Phi) is 6.65. The molecule has 0 saturated carbocycles. The first-order valence-electron chi connectivity index (χ1n) is 10.2. The van der Waals surface area contributed by atoms with Gasteiger partial charge in [-0.15, -0.1) is 0 Å². The summed E-state index contributed by atoms with van der Waals surface area (Å²) in [6.07, 6.45) is -0.289. The maximum absolute atomic E-state index is 13.8. The number of ether oxygens (including phenoxy) is 4. The quantitative estimate of drug-likeness (QED) is 0.112. The van der Waals surface area contributed by atoms with E-state index in [0.717, 1.165) is 6.92 Å². The summed E-state index contributed by atoms with van der Waals surface area (Å²) >= 11 is 0. The number of hydrogen-bond acceptors (Lipinski definition) is 6. The highest BCUT2D eigenvalue weighted by molar-refractivity contribution is 6.14. The average molecular weight is 506 g/mol. The Balaban J connectivity index is 1.50. The van der Waals surface area contributed by atoms with Crippen molar-refractivity contribution in [3.63, 3.8) is 0 Å². The highest BCUT2D eigenvalue weighted by Gasteiger charge is 2.31. The fourth-order valence-electron chi connectivity index (χ4n) is 3.27. The minimum Gasteiger partial charge on any atom is -0.496 e. The minimum absolute atomic E-state index is 0.0130. The molecule has 1 atom stereocenters. The molecule has 0 bridgehead atoms. The molecule has 186 valence electrons. The second kappa shape index (κ2) is 9.68. The Bertz CT molecular complexity index is 1390. The lowest BCUT2D eigenvalue weighted by atomic mass is 10.1. The summed E-state index contributed by atoms with van der Waals surface area (Å²) in [7, 11) is 1.47. The predicted molar refractivity (Wildman–Crippen MR) is 114 cm³/mol. The van der Waals surface area contributed by atoms with Crippen LogP contribution >= 0.6 is 0 Å². The van der Waals surface area contributed by atoms with Gasteiger partial charge in [-0.05, 0) is 31.2 Å². The van der Waals surface area contributed by atoms with Crippen molar-refractivity contribution in [2.24, 2.45) is 0 Å². The number of carbonyl (C=O) groups is 2. The summed E-state index contributed by atoms with van der Waals surface area (Å²) in [5.41, 5.74) is 0.767. The molecule has 0 amide bonds. The molecule has 0 saturated heterocycles. The first-order valence-corrected chi connectivity index (χ1v) is 10.2. The highest BCUT2D eigenvalue weighted by Crippen LogP contribution is 2.36. The van der Waals surface area contributed by atoms with Crippen LogP contribution in [0.1, 0.15) is 22.8 Å². The van der Waals surface area contributed by atoms with Gasteiger partial charge in [-0.3, -0.25) is 4.79 Å². The van der Waals surface area contributed by atoms with Crippen molar-refractivity contribution >= 4 is 17.8 Å². The standard InChI is InChI=1S/C25H15F5O6/c1-11(34-24-21(29)19(27)18(26)20(28)22(24)30)25(32)35-13-7-8-14-16(10-13)36-17(23(14)31)9-12-5-3-4-6-15(12)33-2/h3-11H,1-2H3/b17-9-. The maximum Gasteiger partial charge on any atom is 0.352 e. The predicted octanol–water partition coefficient (Wildman–Crippen LogP) is 5.38. The lowest BCUT2D eigenvalue weighted by Gasteiger charge is -2.15. The van der Waals surface area contributed by atoms with E-state index < -0.39 is 52.7 Å².